The zero-order chi connectivity index (χ0) is 15.1. The summed E-state index contributed by atoms with van der Waals surface area (Å²) in [4.78, 5) is 12.6. The van der Waals surface area contributed by atoms with E-state index in [-0.39, 0.29) is 12.2 Å². The van der Waals surface area contributed by atoms with Gasteiger partial charge in [-0.05, 0) is 6.92 Å². The average Bonchev–Trinajstić information content (AvgIpc) is 2.54. The summed E-state index contributed by atoms with van der Waals surface area (Å²) in [6.45, 7) is 1.81. The maximum absolute atomic E-state index is 12.0. The summed E-state index contributed by atoms with van der Waals surface area (Å²) < 4.78 is 0. The quantitative estimate of drug-likeness (QED) is 0.397. The molecule has 2 aromatic carbocycles. The van der Waals surface area contributed by atoms with Gasteiger partial charge in [-0.15, -0.1) is 0 Å². The fourth-order valence-electron chi connectivity index (χ4n) is 1.80. The molecule has 0 amide bonds. The highest BCUT2D eigenvalue weighted by molar-refractivity contribution is 7.80. The third-order valence-corrected chi connectivity index (χ3v) is 3.22. The van der Waals surface area contributed by atoms with Gasteiger partial charge >= 0.3 is 0 Å². The molecule has 2 aromatic rings. The van der Waals surface area contributed by atoms with Gasteiger partial charge in [-0.25, -0.2) is 0 Å². The summed E-state index contributed by atoms with van der Waals surface area (Å²) in [6, 6.07) is 18.8. The predicted octanol–water partition coefficient (Wildman–Crippen LogP) is 3.60. The number of Topliss-reactive ketones (excluding diaryl/α,β-unsaturated/α-hetero) is 1. The lowest BCUT2D eigenvalue weighted by atomic mass is 10.1. The lowest BCUT2D eigenvalue weighted by Gasteiger charge is -2.05. The average molecular weight is 296 g/mol. The largest absolute Gasteiger partial charge is 0.294 e. The van der Waals surface area contributed by atoms with Crippen molar-refractivity contribution in [2.24, 2.45) is 5.10 Å². The molecule has 2 rings (SSSR count). The Kier molecular flexibility index (Phi) is 5.35. The van der Waals surface area contributed by atoms with E-state index in [1.165, 1.54) is 0 Å². The van der Waals surface area contributed by atoms with Crippen LogP contribution in [-0.2, 0) is 0 Å². The van der Waals surface area contributed by atoms with E-state index < -0.39 is 0 Å². The van der Waals surface area contributed by atoms with Crippen molar-refractivity contribution in [2.75, 3.05) is 0 Å². The van der Waals surface area contributed by atoms with Crippen molar-refractivity contribution in [1.82, 2.24) is 5.43 Å². The number of hydrazone groups is 1. The summed E-state index contributed by atoms with van der Waals surface area (Å²) in [5, 5.41) is 4.17. The Labute approximate surface area is 129 Å². The number of carbonyl (C=O) groups excluding carboxylic acids is 1. The summed E-state index contributed by atoms with van der Waals surface area (Å²) >= 11 is 5.24. The lowest BCUT2D eigenvalue weighted by molar-refractivity contribution is 0.100. The Morgan fingerprint density at radius 3 is 2.10 bits per heavy atom. The molecule has 0 unspecified atom stereocenters. The first-order valence-electron chi connectivity index (χ1n) is 6.63. The molecular weight excluding hydrogens is 280 g/mol. The van der Waals surface area contributed by atoms with Crippen LogP contribution in [-0.4, -0.2) is 16.5 Å². The Hall–Kier alpha value is -2.33. The number of nitrogens with one attached hydrogen (secondary N) is 1. The van der Waals surface area contributed by atoms with E-state index in [4.69, 9.17) is 12.2 Å². The molecule has 21 heavy (non-hydrogen) atoms. The van der Waals surface area contributed by atoms with E-state index >= 15 is 0 Å². The maximum atomic E-state index is 12.0. The van der Waals surface area contributed by atoms with Gasteiger partial charge in [0, 0.05) is 16.8 Å². The zero-order valence-electron chi connectivity index (χ0n) is 11.7. The van der Waals surface area contributed by atoms with Gasteiger partial charge in [-0.1, -0.05) is 72.9 Å². The summed E-state index contributed by atoms with van der Waals surface area (Å²) in [6.07, 6.45) is 0.272. The first kappa shape index (κ1) is 15.1. The SMILES string of the molecule is C/C(CC(=O)c1ccccc1)=N\NC(=S)c1ccccc1. The molecule has 0 saturated carbocycles. The predicted molar refractivity (Wildman–Crippen MR) is 89.8 cm³/mol. The smallest absolute Gasteiger partial charge is 0.168 e. The summed E-state index contributed by atoms with van der Waals surface area (Å²) in [5.41, 5.74) is 5.11. The number of rotatable bonds is 5. The molecule has 0 aliphatic rings. The fraction of sp³-hybridized carbons (Fsp3) is 0.118. The molecule has 0 saturated heterocycles. The van der Waals surface area contributed by atoms with E-state index in [0.717, 1.165) is 5.56 Å². The topological polar surface area (TPSA) is 41.5 Å². The van der Waals surface area contributed by atoms with E-state index in [1.807, 2.05) is 48.5 Å². The van der Waals surface area contributed by atoms with Gasteiger partial charge in [-0.3, -0.25) is 10.2 Å². The molecule has 3 nitrogen and oxygen atoms in total. The minimum atomic E-state index is 0.0456. The van der Waals surface area contributed by atoms with E-state index in [2.05, 4.69) is 10.5 Å². The molecule has 0 aromatic heterocycles. The van der Waals surface area contributed by atoms with Crippen molar-refractivity contribution in [3.8, 4) is 0 Å². The highest BCUT2D eigenvalue weighted by atomic mass is 32.1. The van der Waals surface area contributed by atoms with Crippen molar-refractivity contribution in [1.29, 1.82) is 0 Å². The van der Waals surface area contributed by atoms with Crippen molar-refractivity contribution in [2.45, 2.75) is 13.3 Å². The molecule has 1 N–H and O–H groups in total. The van der Waals surface area contributed by atoms with Crippen LogP contribution in [0.1, 0.15) is 29.3 Å². The molecule has 4 heteroatoms. The molecular formula is C17H16N2OS. The fourth-order valence-corrected chi connectivity index (χ4v) is 1.98. The molecule has 0 atom stereocenters. The number of hydrogen-bond donors (Lipinski definition) is 1. The van der Waals surface area contributed by atoms with Crippen LogP contribution in [0.15, 0.2) is 65.8 Å². The highest BCUT2D eigenvalue weighted by Gasteiger charge is 2.07. The van der Waals surface area contributed by atoms with Gasteiger partial charge in [0.15, 0.2) is 5.78 Å². The number of benzene rings is 2. The summed E-state index contributed by atoms with van der Waals surface area (Å²) in [7, 11) is 0. The van der Waals surface area contributed by atoms with Crippen LogP contribution in [0.2, 0.25) is 0 Å². The lowest BCUT2D eigenvalue weighted by Crippen LogP contribution is -2.18. The maximum Gasteiger partial charge on any atom is 0.168 e. The van der Waals surface area contributed by atoms with Crippen molar-refractivity contribution in [3.63, 3.8) is 0 Å². The molecule has 0 aliphatic carbocycles. The Morgan fingerprint density at radius 1 is 1.00 bits per heavy atom. The molecule has 0 aliphatic heterocycles. The molecule has 0 fully saturated rings. The second-order valence-electron chi connectivity index (χ2n) is 4.62. The Morgan fingerprint density at radius 2 is 1.52 bits per heavy atom. The van der Waals surface area contributed by atoms with Gasteiger partial charge in [-0.2, -0.15) is 5.10 Å². The van der Waals surface area contributed by atoms with Crippen LogP contribution in [0.3, 0.4) is 0 Å². The molecule has 106 valence electrons. The van der Waals surface area contributed by atoms with Crippen LogP contribution in [0, 0.1) is 0 Å². The van der Waals surface area contributed by atoms with Gasteiger partial charge in [0.1, 0.15) is 4.99 Å². The second kappa shape index (κ2) is 7.45. The third kappa shape index (κ3) is 4.61. The first-order valence-corrected chi connectivity index (χ1v) is 7.04. The highest BCUT2D eigenvalue weighted by Crippen LogP contribution is 2.04. The minimum Gasteiger partial charge on any atom is -0.294 e. The number of nitrogens with zero attached hydrogens (tertiary/aromatic N) is 1. The van der Waals surface area contributed by atoms with Gasteiger partial charge < -0.3 is 0 Å². The van der Waals surface area contributed by atoms with Crippen LogP contribution in [0.5, 0.6) is 0 Å². The third-order valence-electron chi connectivity index (χ3n) is 2.90. The van der Waals surface area contributed by atoms with Gasteiger partial charge in [0.05, 0.1) is 6.42 Å². The minimum absolute atomic E-state index is 0.0456. The van der Waals surface area contributed by atoms with Crippen molar-refractivity contribution >= 4 is 28.7 Å². The molecule has 0 spiro atoms. The molecule has 0 radical (unpaired) electrons. The normalized spacial score (nSPS) is 11.0. The van der Waals surface area contributed by atoms with Crippen LogP contribution in [0.25, 0.3) is 0 Å². The molecule has 0 bridgehead atoms. The van der Waals surface area contributed by atoms with E-state index in [9.17, 15) is 4.79 Å². The first-order chi connectivity index (χ1) is 10.2. The van der Waals surface area contributed by atoms with Crippen molar-refractivity contribution < 1.29 is 4.79 Å². The van der Waals surface area contributed by atoms with Gasteiger partial charge in [0.2, 0.25) is 0 Å². The number of thiocarbonyl (C=S) groups is 1. The second-order valence-corrected chi connectivity index (χ2v) is 5.03. The molecule has 0 heterocycles. The number of ketones is 1. The monoisotopic (exact) mass is 296 g/mol. The van der Waals surface area contributed by atoms with Crippen LogP contribution in [0.4, 0.5) is 0 Å². The number of carbonyl (C=O) groups is 1. The van der Waals surface area contributed by atoms with Crippen molar-refractivity contribution in [3.05, 3.63) is 71.8 Å². The Balaban J connectivity index is 1.93. The van der Waals surface area contributed by atoms with Crippen LogP contribution < -0.4 is 5.43 Å². The van der Waals surface area contributed by atoms with E-state index in [1.54, 1.807) is 19.1 Å². The summed E-state index contributed by atoms with van der Waals surface area (Å²) in [5.74, 6) is 0.0456. The van der Waals surface area contributed by atoms with E-state index in [0.29, 0.717) is 16.3 Å². The van der Waals surface area contributed by atoms with Crippen LogP contribution >= 0.6 is 12.2 Å². The number of hydrogen-bond acceptors (Lipinski definition) is 3. The van der Waals surface area contributed by atoms with Gasteiger partial charge in [0.25, 0.3) is 0 Å². The zero-order valence-corrected chi connectivity index (χ0v) is 12.6. The standard InChI is InChI=1S/C17H16N2OS/c1-13(12-16(20)14-8-4-2-5-9-14)18-19-17(21)15-10-6-3-7-11-15/h2-11H,12H2,1H3,(H,19,21)/b18-13+. The Bertz CT molecular complexity index is 651.